The molecule has 0 saturated carbocycles. The molecule has 1 aromatic rings. The van der Waals surface area contributed by atoms with Gasteiger partial charge in [0.15, 0.2) is 0 Å². The molecule has 1 aliphatic carbocycles. The molecule has 0 radical (unpaired) electrons. The lowest BCUT2D eigenvalue weighted by atomic mass is 9.79. The number of piperazine rings is 1. The van der Waals surface area contributed by atoms with Gasteiger partial charge in [-0.2, -0.15) is 0 Å². The number of benzene rings is 1. The molecular weight excluding hydrogens is 298 g/mol. The molecule has 0 spiro atoms. The Bertz CT molecular complexity index is 566. The number of fused-ring (bicyclic) bond motifs is 1. The Kier molecular flexibility index (Phi) is 5.57. The molecule has 1 fully saturated rings. The summed E-state index contributed by atoms with van der Waals surface area (Å²) in [6.07, 6.45) is 3.66. The van der Waals surface area contributed by atoms with Crippen molar-refractivity contribution in [2.45, 2.75) is 45.1 Å². The van der Waals surface area contributed by atoms with Gasteiger partial charge in [0.1, 0.15) is 0 Å². The Morgan fingerprint density at radius 3 is 2.50 bits per heavy atom. The van der Waals surface area contributed by atoms with Crippen molar-refractivity contribution in [3.05, 3.63) is 35.4 Å². The third kappa shape index (κ3) is 4.37. The number of hydrogen-bond acceptors (Lipinski definition) is 3. The van der Waals surface area contributed by atoms with E-state index in [0.29, 0.717) is 6.42 Å². The summed E-state index contributed by atoms with van der Waals surface area (Å²) in [7, 11) is 0. The molecule has 24 heavy (non-hydrogen) atoms. The van der Waals surface area contributed by atoms with Gasteiger partial charge < -0.3 is 15.1 Å². The number of nitrogens with one attached hydrogen (secondary N) is 1. The van der Waals surface area contributed by atoms with Crippen LogP contribution in [0.15, 0.2) is 24.3 Å². The van der Waals surface area contributed by atoms with Crippen LogP contribution < -0.4 is 5.32 Å². The van der Waals surface area contributed by atoms with Crippen LogP contribution in [-0.2, 0) is 17.6 Å². The molecule has 4 nitrogen and oxygen atoms in total. The number of carbonyl (C=O) groups is 1. The van der Waals surface area contributed by atoms with E-state index >= 15 is 0 Å². The maximum absolute atomic E-state index is 12.4. The summed E-state index contributed by atoms with van der Waals surface area (Å²) < 4.78 is 0. The van der Waals surface area contributed by atoms with Crippen LogP contribution in [0, 0.1) is 0 Å². The fourth-order valence-electron chi connectivity index (χ4n) is 3.99. The molecule has 132 valence electrons. The largest absolute Gasteiger partial charge is 0.351 e. The summed E-state index contributed by atoms with van der Waals surface area (Å²) in [5.41, 5.74) is 2.74. The molecule has 1 amide bonds. The average molecular weight is 329 g/mol. The van der Waals surface area contributed by atoms with Crippen molar-refractivity contribution in [3.63, 3.8) is 0 Å². The normalized spacial score (nSPS) is 25.2. The van der Waals surface area contributed by atoms with Gasteiger partial charge in [0.05, 0.1) is 0 Å². The van der Waals surface area contributed by atoms with Crippen molar-refractivity contribution in [2.24, 2.45) is 0 Å². The maximum atomic E-state index is 12.4. The van der Waals surface area contributed by atoms with E-state index in [4.69, 9.17) is 0 Å². The standard InChI is InChI=1S/C20H31N3O/c1-3-22-12-14-23(15-13-22)11-9-19(24)21-20(2)10-8-17-6-4-5-7-18(17)16-20/h4-7H,3,8-16H2,1-2H3,(H,21,24)/t20-/m1/s1. The summed E-state index contributed by atoms with van der Waals surface area (Å²) in [5.74, 6) is 0.204. The first-order valence-corrected chi connectivity index (χ1v) is 9.40. The Morgan fingerprint density at radius 2 is 1.79 bits per heavy atom. The van der Waals surface area contributed by atoms with E-state index < -0.39 is 0 Å². The van der Waals surface area contributed by atoms with Crippen molar-refractivity contribution in [3.8, 4) is 0 Å². The highest BCUT2D eigenvalue weighted by molar-refractivity contribution is 5.77. The minimum Gasteiger partial charge on any atom is -0.351 e. The minimum atomic E-state index is -0.0909. The van der Waals surface area contributed by atoms with E-state index in [1.807, 2.05) is 0 Å². The highest BCUT2D eigenvalue weighted by Crippen LogP contribution is 2.28. The lowest BCUT2D eigenvalue weighted by Crippen LogP contribution is -2.51. The third-order valence-corrected chi connectivity index (χ3v) is 5.65. The van der Waals surface area contributed by atoms with E-state index in [1.54, 1.807) is 0 Å². The zero-order valence-electron chi connectivity index (χ0n) is 15.2. The van der Waals surface area contributed by atoms with Crippen molar-refractivity contribution in [1.82, 2.24) is 15.1 Å². The summed E-state index contributed by atoms with van der Waals surface area (Å²) in [6.45, 7) is 10.9. The van der Waals surface area contributed by atoms with Crippen LogP contribution in [-0.4, -0.2) is 60.5 Å². The van der Waals surface area contributed by atoms with Gasteiger partial charge in [0, 0.05) is 44.7 Å². The summed E-state index contributed by atoms with van der Waals surface area (Å²) >= 11 is 0. The van der Waals surface area contributed by atoms with Gasteiger partial charge in [0.25, 0.3) is 0 Å². The molecule has 1 aliphatic heterocycles. The first kappa shape index (κ1) is 17.4. The first-order chi connectivity index (χ1) is 11.6. The van der Waals surface area contributed by atoms with E-state index in [9.17, 15) is 4.79 Å². The molecule has 2 aliphatic rings. The van der Waals surface area contributed by atoms with Crippen LogP contribution in [0.5, 0.6) is 0 Å². The predicted molar refractivity (Wildman–Crippen MR) is 98.2 cm³/mol. The predicted octanol–water partition coefficient (Wildman–Crippen LogP) is 2.08. The molecule has 0 aromatic heterocycles. The third-order valence-electron chi connectivity index (χ3n) is 5.65. The van der Waals surface area contributed by atoms with Crippen LogP contribution in [0.25, 0.3) is 0 Å². The van der Waals surface area contributed by atoms with Crippen molar-refractivity contribution < 1.29 is 4.79 Å². The van der Waals surface area contributed by atoms with Crippen LogP contribution in [0.3, 0.4) is 0 Å². The van der Waals surface area contributed by atoms with Gasteiger partial charge in [-0.3, -0.25) is 4.79 Å². The fraction of sp³-hybridized carbons (Fsp3) is 0.650. The number of nitrogens with zero attached hydrogens (tertiary/aromatic N) is 2. The number of likely N-dealkylation sites (N-methyl/N-ethyl adjacent to an activating group) is 1. The highest BCUT2D eigenvalue weighted by Gasteiger charge is 2.31. The monoisotopic (exact) mass is 329 g/mol. The van der Waals surface area contributed by atoms with Crippen LogP contribution in [0.4, 0.5) is 0 Å². The smallest absolute Gasteiger partial charge is 0.221 e. The van der Waals surface area contributed by atoms with Gasteiger partial charge in [0.2, 0.25) is 5.91 Å². The van der Waals surface area contributed by atoms with Crippen molar-refractivity contribution in [2.75, 3.05) is 39.3 Å². The van der Waals surface area contributed by atoms with Gasteiger partial charge in [-0.1, -0.05) is 31.2 Å². The SMILES string of the molecule is CCN1CCN(CCC(=O)N[C@]2(C)CCc3ccccc3C2)CC1. The van der Waals surface area contributed by atoms with Crippen molar-refractivity contribution >= 4 is 5.91 Å². The second-order valence-corrected chi connectivity index (χ2v) is 7.58. The molecule has 0 bridgehead atoms. The lowest BCUT2D eigenvalue weighted by Gasteiger charge is -2.37. The summed E-state index contributed by atoms with van der Waals surface area (Å²) in [4.78, 5) is 17.3. The number of hydrogen-bond donors (Lipinski definition) is 1. The highest BCUT2D eigenvalue weighted by atomic mass is 16.1. The zero-order chi connectivity index (χ0) is 17.0. The Morgan fingerprint density at radius 1 is 1.12 bits per heavy atom. The molecule has 4 heteroatoms. The molecule has 1 saturated heterocycles. The fourth-order valence-corrected chi connectivity index (χ4v) is 3.99. The number of carbonyl (C=O) groups excluding carboxylic acids is 1. The van der Waals surface area contributed by atoms with E-state index in [-0.39, 0.29) is 11.4 Å². The van der Waals surface area contributed by atoms with Gasteiger partial charge >= 0.3 is 0 Å². The second kappa shape index (κ2) is 7.66. The van der Waals surface area contributed by atoms with Gasteiger partial charge in [-0.15, -0.1) is 0 Å². The van der Waals surface area contributed by atoms with Gasteiger partial charge in [-0.05, 0) is 43.9 Å². The van der Waals surface area contributed by atoms with Crippen molar-refractivity contribution in [1.29, 1.82) is 0 Å². The zero-order valence-corrected chi connectivity index (χ0v) is 15.2. The molecule has 1 aromatic carbocycles. The molecular formula is C20H31N3O. The second-order valence-electron chi connectivity index (χ2n) is 7.58. The topological polar surface area (TPSA) is 35.6 Å². The summed E-state index contributed by atoms with van der Waals surface area (Å²) in [5, 5.41) is 3.32. The molecule has 0 unspecified atom stereocenters. The lowest BCUT2D eigenvalue weighted by molar-refractivity contribution is -0.123. The van der Waals surface area contributed by atoms with Crippen LogP contribution in [0.2, 0.25) is 0 Å². The number of amides is 1. The molecule has 3 rings (SSSR count). The molecule has 1 atom stereocenters. The van der Waals surface area contributed by atoms with E-state index in [0.717, 1.165) is 58.5 Å². The first-order valence-electron chi connectivity index (χ1n) is 9.40. The Balaban J connectivity index is 1.45. The number of rotatable bonds is 5. The quantitative estimate of drug-likeness (QED) is 0.898. The Hall–Kier alpha value is -1.39. The van der Waals surface area contributed by atoms with Crippen LogP contribution in [0.1, 0.15) is 37.8 Å². The van der Waals surface area contributed by atoms with E-state index in [1.165, 1.54) is 11.1 Å². The van der Waals surface area contributed by atoms with E-state index in [2.05, 4.69) is 53.2 Å². The number of aryl methyl sites for hydroxylation is 1. The maximum Gasteiger partial charge on any atom is 0.221 e. The average Bonchev–Trinajstić information content (AvgIpc) is 2.60. The molecule has 1 heterocycles. The van der Waals surface area contributed by atoms with Crippen LogP contribution >= 0.6 is 0 Å². The Labute approximate surface area is 146 Å². The van der Waals surface area contributed by atoms with Gasteiger partial charge in [-0.25, -0.2) is 0 Å². The molecule has 1 N–H and O–H groups in total. The summed E-state index contributed by atoms with van der Waals surface area (Å²) in [6, 6.07) is 8.62. The minimum absolute atomic E-state index is 0.0909.